The number of alkyl halides is 1. The Balaban J connectivity index is 2.68. The van der Waals surface area contributed by atoms with Gasteiger partial charge in [0.2, 0.25) is 0 Å². The van der Waals surface area contributed by atoms with Crippen molar-refractivity contribution in [2.24, 2.45) is 0 Å². The highest BCUT2D eigenvalue weighted by Gasteiger charge is 2.39. The Morgan fingerprint density at radius 3 is 2.62 bits per heavy atom. The van der Waals surface area contributed by atoms with Crippen LogP contribution in [0.1, 0.15) is 37.8 Å². The molecule has 0 saturated heterocycles. The van der Waals surface area contributed by atoms with E-state index < -0.39 is 4.32 Å². The second-order valence-corrected chi connectivity index (χ2v) is 6.23. The second-order valence-electron chi connectivity index (χ2n) is 4.58. The Kier molecular flexibility index (Phi) is 2.79. The van der Waals surface area contributed by atoms with Crippen molar-refractivity contribution in [1.29, 1.82) is 0 Å². The van der Waals surface area contributed by atoms with Crippen molar-refractivity contribution in [3.8, 4) is 0 Å². The third-order valence-corrected chi connectivity index (χ3v) is 4.50. The van der Waals surface area contributed by atoms with E-state index in [0.29, 0.717) is 0 Å². The van der Waals surface area contributed by atoms with E-state index in [1.807, 2.05) is 32.1 Å². The normalized spacial score (nSPS) is 29.4. The molecule has 0 heterocycles. The van der Waals surface area contributed by atoms with Crippen molar-refractivity contribution >= 4 is 27.8 Å². The number of ketones is 1. The lowest BCUT2D eigenvalue weighted by Gasteiger charge is -2.27. The fraction of sp³-hybridized carbons (Fsp3) is 0.357. The van der Waals surface area contributed by atoms with E-state index in [4.69, 9.17) is 0 Å². The summed E-state index contributed by atoms with van der Waals surface area (Å²) in [5, 5.41) is 0. The lowest BCUT2D eigenvalue weighted by Crippen LogP contribution is -2.33. The van der Waals surface area contributed by atoms with Gasteiger partial charge in [-0.1, -0.05) is 47.1 Å². The minimum absolute atomic E-state index is 0.171. The fourth-order valence-corrected chi connectivity index (χ4v) is 2.77. The van der Waals surface area contributed by atoms with Crippen LogP contribution in [-0.2, 0) is 4.79 Å². The van der Waals surface area contributed by atoms with Gasteiger partial charge in [-0.05, 0) is 36.6 Å². The van der Waals surface area contributed by atoms with Gasteiger partial charge in [0.1, 0.15) is 0 Å². The number of carbonyl (C=O) groups is 1. The minimum Gasteiger partial charge on any atom is -0.293 e. The van der Waals surface area contributed by atoms with Crippen LogP contribution >= 0.6 is 15.9 Å². The Morgan fingerprint density at radius 1 is 1.31 bits per heavy atom. The molecule has 0 bridgehead atoms. The van der Waals surface area contributed by atoms with Gasteiger partial charge in [-0.2, -0.15) is 0 Å². The van der Waals surface area contributed by atoms with Crippen LogP contribution in [0.2, 0.25) is 0 Å². The zero-order valence-electron chi connectivity index (χ0n) is 9.75. The van der Waals surface area contributed by atoms with Crippen LogP contribution in [0.25, 0.3) is 6.08 Å². The van der Waals surface area contributed by atoms with E-state index in [0.717, 1.165) is 11.1 Å². The molecule has 1 aromatic rings. The molecule has 0 N–H and O–H groups in total. The molecule has 0 radical (unpaired) electrons. The van der Waals surface area contributed by atoms with Crippen molar-refractivity contribution in [2.45, 2.75) is 31.0 Å². The topological polar surface area (TPSA) is 17.1 Å². The van der Waals surface area contributed by atoms with Crippen molar-refractivity contribution in [2.75, 3.05) is 0 Å². The Labute approximate surface area is 105 Å². The molecule has 1 aliphatic carbocycles. The van der Waals surface area contributed by atoms with Crippen LogP contribution in [0.15, 0.2) is 29.8 Å². The van der Waals surface area contributed by atoms with Crippen LogP contribution < -0.4 is 0 Å². The van der Waals surface area contributed by atoms with Crippen LogP contribution in [-0.4, -0.2) is 10.1 Å². The molecule has 2 heteroatoms. The van der Waals surface area contributed by atoms with E-state index in [2.05, 4.69) is 35.0 Å². The molecular formula is C14H15BrO. The van der Waals surface area contributed by atoms with Gasteiger partial charge in [-0.3, -0.25) is 4.79 Å². The van der Waals surface area contributed by atoms with Gasteiger partial charge in [0.25, 0.3) is 0 Å². The van der Waals surface area contributed by atoms with Crippen molar-refractivity contribution in [3.63, 3.8) is 0 Å². The average Bonchev–Trinajstić information content (AvgIpc) is 2.32. The molecule has 0 aliphatic heterocycles. The van der Waals surface area contributed by atoms with E-state index in [1.54, 1.807) is 0 Å². The van der Waals surface area contributed by atoms with Crippen LogP contribution in [0.3, 0.4) is 0 Å². The largest absolute Gasteiger partial charge is 0.293 e. The minimum atomic E-state index is -0.500. The fourth-order valence-electron chi connectivity index (χ4n) is 2.21. The SMILES string of the molecule is CC1=Cc2ccccc2C(C)[C@](C)(Br)C1=O. The van der Waals surface area contributed by atoms with Gasteiger partial charge >= 0.3 is 0 Å². The number of benzene rings is 1. The Morgan fingerprint density at radius 2 is 1.94 bits per heavy atom. The lowest BCUT2D eigenvalue weighted by atomic mass is 9.85. The maximum Gasteiger partial charge on any atom is 0.175 e. The maximum atomic E-state index is 12.2. The van der Waals surface area contributed by atoms with E-state index in [1.165, 1.54) is 5.56 Å². The third-order valence-electron chi connectivity index (χ3n) is 3.45. The number of allylic oxidation sites excluding steroid dienone is 1. The highest BCUT2D eigenvalue weighted by atomic mass is 79.9. The van der Waals surface area contributed by atoms with E-state index >= 15 is 0 Å². The van der Waals surface area contributed by atoms with E-state index in [9.17, 15) is 4.79 Å². The molecule has 16 heavy (non-hydrogen) atoms. The van der Waals surface area contributed by atoms with Crippen molar-refractivity contribution in [3.05, 3.63) is 41.0 Å². The maximum absolute atomic E-state index is 12.2. The molecule has 0 amide bonds. The Bertz CT molecular complexity index is 471. The molecule has 0 spiro atoms. The number of fused-ring (bicyclic) bond motifs is 1. The standard InChI is InChI=1S/C14H15BrO/c1-9-8-11-6-4-5-7-12(11)10(2)14(3,15)13(9)16/h4-8,10H,1-3H3/t10?,14-/m0/s1. The molecule has 1 unspecified atom stereocenters. The summed E-state index contributed by atoms with van der Waals surface area (Å²) in [6.07, 6.45) is 1.99. The predicted octanol–water partition coefficient (Wildman–Crippen LogP) is 3.93. The van der Waals surface area contributed by atoms with Gasteiger partial charge in [0.05, 0.1) is 4.32 Å². The number of hydrogen-bond donors (Lipinski definition) is 0. The molecular weight excluding hydrogens is 264 g/mol. The second kappa shape index (κ2) is 3.85. The van der Waals surface area contributed by atoms with Gasteiger partial charge in [0.15, 0.2) is 5.78 Å². The van der Waals surface area contributed by atoms with Crippen molar-refractivity contribution in [1.82, 2.24) is 0 Å². The summed E-state index contributed by atoms with van der Waals surface area (Å²) in [6.45, 7) is 5.94. The van der Waals surface area contributed by atoms with Crippen LogP contribution in [0.5, 0.6) is 0 Å². The molecule has 1 nitrogen and oxygen atoms in total. The first-order chi connectivity index (χ1) is 7.44. The van der Waals surface area contributed by atoms with Gasteiger partial charge < -0.3 is 0 Å². The summed E-state index contributed by atoms with van der Waals surface area (Å²) < 4.78 is -0.500. The summed E-state index contributed by atoms with van der Waals surface area (Å²) in [4.78, 5) is 12.2. The molecule has 0 saturated carbocycles. The van der Waals surface area contributed by atoms with Crippen molar-refractivity contribution < 1.29 is 4.79 Å². The van der Waals surface area contributed by atoms with Gasteiger partial charge in [-0.15, -0.1) is 0 Å². The predicted molar refractivity (Wildman–Crippen MR) is 70.8 cm³/mol. The highest BCUT2D eigenvalue weighted by Crippen LogP contribution is 2.41. The summed E-state index contributed by atoms with van der Waals surface area (Å²) in [7, 11) is 0. The first-order valence-electron chi connectivity index (χ1n) is 5.45. The highest BCUT2D eigenvalue weighted by molar-refractivity contribution is 9.10. The lowest BCUT2D eigenvalue weighted by molar-refractivity contribution is -0.117. The smallest absolute Gasteiger partial charge is 0.175 e. The number of halogens is 1. The van der Waals surface area contributed by atoms with E-state index in [-0.39, 0.29) is 11.7 Å². The first kappa shape index (κ1) is 11.6. The molecule has 0 aromatic heterocycles. The number of carbonyl (C=O) groups excluding carboxylic acids is 1. The number of hydrogen-bond acceptors (Lipinski definition) is 1. The zero-order chi connectivity index (χ0) is 11.9. The average molecular weight is 279 g/mol. The van der Waals surface area contributed by atoms with Crippen LogP contribution in [0.4, 0.5) is 0 Å². The summed E-state index contributed by atoms with van der Waals surface area (Å²) in [5.74, 6) is 0.348. The third kappa shape index (κ3) is 1.65. The Hall–Kier alpha value is -0.890. The number of rotatable bonds is 0. The van der Waals surface area contributed by atoms with Crippen LogP contribution in [0, 0.1) is 0 Å². The molecule has 1 aliphatic rings. The molecule has 0 fully saturated rings. The number of Topliss-reactive ketones (excluding diaryl/α,β-unsaturated/α-hetero) is 1. The van der Waals surface area contributed by atoms with Gasteiger partial charge in [-0.25, -0.2) is 0 Å². The monoisotopic (exact) mass is 278 g/mol. The first-order valence-corrected chi connectivity index (χ1v) is 6.25. The van der Waals surface area contributed by atoms with Gasteiger partial charge in [0, 0.05) is 5.92 Å². The summed E-state index contributed by atoms with van der Waals surface area (Å²) in [5.41, 5.74) is 3.20. The molecule has 2 atom stereocenters. The molecule has 84 valence electrons. The zero-order valence-corrected chi connectivity index (χ0v) is 11.3. The summed E-state index contributed by atoms with van der Waals surface area (Å²) >= 11 is 3.59. The molecule has 1 aromatic carbocycles. The summed E-state index contributed by atoms with van der Waals surface area (Å²) in [6, 6.07) is 8.20. The molecule has 2 rings (SSSR count). The quantitative estimate of drug-likeness (QED) is 0.658.